The van der Waals surface area contributed by atoms with Crippen LogP contribution in [0.25, 0.3) is 21.3 Å². The van der Waals surface area contributed by atoms with Gasteiger partial charge in [-0.25, -0.2) is 9.67 Å². The van der Waals surface area contributed by atoms with Crippen LogP contribution >= 0.6 is 27.3 Å². The predicted molar refractivity (Wildman–Crippen MR) is 150 cm³/mol. The number of rotatable bonds is 7. The molecule has 2 amide bonds. The number of nitrogens with zero attached hydrogens (tertiary/aromatic N) is 7. The Balaban J connectivity index is 1.59. The number of fused-ring (bicyclic) bond motifs is 1. The number of nitrogens with two attached hydrogens (primary N) is 1. The summed E-state index contributed by atoms with van der Waals surface area (Å²) in [5.74, 6) is -1.61. The third-order valence-corrected chi connectivity index (χ3v) is 8.80. The third kappa shape index (κ3) is 5.12. The normalized spacial score (nSPS) is 11.9. The van der Waals surface area contributed by atoms with E-state index < -0.39 is 23.7 Å². The number of hydrogen-bond acceptors (Lipinski definition) is 7. The Labute approximate surface area is 243 Å². The van der Waals surface area contributed by atoms with E-state index in [1.165, 1.54) is 16.9 Å². The van der Waals surface area contributed by atoms with E-state index in [9.17, 15) is 22.8 Å². The molecule has 0 aliphatic carbocycles. The van der Waals surface area contributed by atoms with E-state index in [4.69, 9.17) is 5.73 Å². The highest BCUT2D eigenvalue weighted by molar-refractivity contribution is 9.10. The van der Waals surface area contributed by atoms with Gasteiger partial charge in [0.1, 0.15) is 22.1 Å². The van der Waals surface area contributed by atoms with Gasteiger partial charge in [-0.05, 0) is 61.3 Å². The maximum atomic E-state index is 13.8. The second-order valence-electron chi connectivity index (χ2n) is 9.18. The van der Waals surface area contributed by atoms with Crippen LogP contribution in [0.3, 0.4) is 0 Å². The number of hydrogen-bond donors (Lipinski definition) is 2. The Bertz CT molecular complexity index is 1830. The van der Waals surface area contributed by atoms with Crippen LogP contribution in [0.5, 0.6) is 0 Å². The van der Waals surface area contributed by atoms with Gasteiger partial charge in [0, 0.05) is 29.4 Å². The second kappa shape index (κ2) is 10.4. The first-order valence-corrected chi connectivity index (χ1v) is 13.8. The monoisotopic (exact) mass is 649 g/mol. The number of halogens is 4. The minimum atomic E-state index is -4.76. The highest BCUT2D eigenvalue weighted by atomic mass is 79.9. The summed E-state index contributed by atoms with van der Waals surface area (Å²) in [4.78, 5) is 29.3. The smallest absolute Gasteiger partial charge is 0.365 e. The zero-order chi connectivity index (χ0) is 29.8. The number of carbonyl (C=O) groups is 2. The Morgan fingerprint density at radius 2 is 1.85 bits per heavy atom. The molecule has 5 rings (SSSR count). The maximum absolute atomic E-state index is 13.8. The summed E-state index contributed by atoms with van der Waals surface area (Å²) in [5.41, 5.74) is 7.21. The second-order valence-corrected chi connectivity index (χ2v) is 11.0. The van der Waals surface area contributed by atoms with Gasteiger partial charge < -0.3 is 11.1 Å². The quantitative estimate of drug-likeness (QED) is 0.250. The first-order valence-electron chi connectivity index (χ1n) is 12.2. The molecule has 0 aromatic carbocycles. The molecule has 0 spiro atoms. The number of thiophene rings is 1. The Morgan fingerprint density at radius 1 is 1.12 bits per heavy atom. The van der Waals surface area contributed by atoms with Crippen molar-refractivity contribution in [1.29, 1.82) is 0 Å². The fraction of sp³-hybridized carbons (Fsp3) is 0.280. The van der Waals surface area contributed by atoms with Gasteiger partial charge in [0.15, 0.2) is 5.69 Å². The standard InChI is InChI=1S/C25H23BrF3N9O2S/c1-5-37-12(3)15(9-31-37)14-8-17(25(27,28)29)32-24-18(14)20(21(41-24)22(30)39)33-23(40)16-6-7-36(35-16)10-38-13(4)19(26)11(2)34-38/h6-9H,5,10H2,1-4H3,(H2,30,39)(H,33,40). The van der Waals surface area contributed by atoms with Crippen molar-refractivity contribution in [3.63, 3.8) is 0 Å². The van der Waals surface area contributed by atoms with Crippen molar-refractivity contribution in [3.8, 4) is 11.1 Å². The van der Waals surface area contributed by atoms with Gasteiger partial charge in [-0.2, -0.15) is 28.5 Å². The van der Waals surface area contributed by atoms with Gasteiger partial charge in [0.2, 0.25) is 0 Å². The highest BCUT2D eigenvalue weighted by Crippen LogP contribution is 2.44. The first-order chi connectivity index (χ1) is 19.3. The third-order valence-electron chi connectivity index (χ3n) is 6.55. The fourth-order valence-electron chi connectivity index (χ4n) is 4.47. The Kier molecular flexibility index (Phi) is 7.23. The molecule has 11 nitrogen and oxygen atoms in total. The van der Waals surface area contributed by atoms with Crippen LogP contribution in [0.1, 0.15) is 49.9 Å². The van der Waals surface area contributed by atoms with Crippen molar-refractivity contribution < 1.29 is 22.8 Å². The van der Waals surface area contributed by atoms with Crippen LogP contribution in [0, 0.1) is 20.8 Å². The summed E-state index contributed by atoms with van der Waals surface area (Å²) in [6, 6.07) is 2.37. The lowest BCUT2D eigenvalue weighted by molar-refractivity contribution is -0.140. The van der Waals surface area contributed by atoms with Crippen LogP contribution < -0.4 is 11.1 Å². The van der Waals surface area contributed by atoms with Gasteiger partial charge in [0.05, 0.1) is 27.7 Å². The average Bonchev–Trinajstić information content (AvgIpc) is 3.67. The van der Waals surface area contributed by atoms with Crippen molar-refractivity contribution in [1.82, 2.24) is 34.3 Å². The minimum Gasteiger partial charge on any atom is -0.365 e. The lowest BCUT2D eigenvalue weighted by atomic mass is 10.0. The summed E-state index contributed by atoms with van der Waals surface area (Å²) in [5, 5.41) is 15.8. The number of alkyl halides is 3. The summed E-state index contributed by atoms with van der Waals surface area (Å²) in [6.45, 7) is 8.03. The number of anilines is 1. The molecule has 16 heteroatoms. The van der Waals surface area contributed by atoms with Gasteiger partial charge in [0.25, 0.3) is 11.8 Å². The molecule has 0 saturated carbocycles. The molecule has 5 aromatic rings. The molecule has 41 heavy (non-hydrogen) atoms. The first kappa shape index (κ1) is 28.5. The molecular weight excluding hydrogens is 627 g/mol. The van der Waals surface area contributed by atoms with Gasteiger partial charge in [-0.1, -0.05) is 0 Å². The SMILES string of the molecule is CCn1ncc(-c2cc(C(F)(F)F)nc3sc(C(N)=O)c(NC(=O)c4ccn(Cn5nc(C)c(Br)c5C)n4)c23)c1C. The fourth-order valence-corrected chi connectivity index (χ4v) is 5.76. The van der Waals surface area contributed by atoms with E-state index >= 15 is 0 Å². The van der Waals surface area contributed by atoms with E-state index in [2.05, 4.69) is 41.5 Å². The summed E-state index contributed by atoms with van der Waals surface area (Å²) in [7, 11) is 0. The van der Waals surface area contributed by atoms with Crippen LogP contribution in [0.15, 0.2) is 29.0 Å². The molecule has 0 bridgehead atoms. The van der Waals surface area contributed by atoms with E-state index in [0.717, 1.165) is 21.9 Å². The number of amides is 2. The molecule has 0 unspecified atom stereocenters. The average molecular weight is 650 g/mol. The lowest BCUT2D eigenvalue weighted by Crippen LogP contribution is -2.18. The number of aryl methyl sites for hydroxylation is 2. The van der Waals surface area contributed by atoms with Crippen LogP contribution in [0.4, 0.5) is 18.9 Å². The van der Waals surface area contributed by atoms with Crippen LogP contribution in [-0.4, -0.2) is 46.1 Å². The zero-order valence-electron chi connectivity index (χ0n) is 22.2. The molecule has 0 aliphatic rings. The van der Waals surface area contributed by atoms with E-state index in [1.807, 2.05) is 20.8 Å². The summed E-state index contributed by atoms with van der Waals surface area (Å²) >= 11 is 4.14. The molecule has 0 radical (unpaired) electrons. The van der Waals surface area contributed by atoms with Crippen LogP contribution in [0.2, 0.25) is 0 Å². The molecule has 214 valence electrons. The zero-order valence-corrected chi connectivity index (χ0v) is 24.6. The molecule has 5 heterocycles. The number of nitrogens with one attached hydrogen (secondary N) is 1. The van der Waals surface area contributed by atoms with Crippen molar-refractivity contribution in [2.24, 2.45) is 5.73 Å². The van der Waals surface area contributed by atoms with Gasteiger partial charge >= 0.3 is 6.18 Å². The molecule has 0 saturated heterocycles. The van der Waals surface area contributed by atoms with E-state index in [1.54, 1.807) is 22.5 Å². The molecule has 0 atom stereocenters. The maximum Gasteiger partial charge on any atom is 0.433 e. The molecule has 3 N–H and O–H groups in total. The lowest BCUT2D eigenvalue weighted by Gasteiger charge is -2.12. The number of aromatic nitrogens is 7. The molecular formula is C25H23BrF3N9O2S. The minimum absolute atomic E-state index is 0.0109. The Hall–Kier alpha value is -4.05. The predicted octanol–water partition coefficient (Wildman–Crippen LogP) is 5.14. The topological polar surface area (TPSA) is 139 Å². The number of carbonyl (C=O) groups excluding carboxylic acids is 2. The van der Waals surface area contributed by atoms with Crippen LogP contribution in [-0.2, 0) is 19.4 Å². The molecule has 0 fully saturated rings. The van der Waals surface area contributed by atoms with Gasteiger partial charge in [-0.15, -0.1) is 11.3 Å². The van der Waals surface area contributed by atoms with Crippen molar-refractivity contribution in [2.75, 3.05) is 5.32 Å². The highest BCUT2D eigenvalue weighted by Gasteiger charge is 2.35. The van der Waals surface area contributed by atoms with Gasteiger partial charge in [-0.3, -0.25) is 19.0 Å². The summed E-state index contributed by atoms with van der Waals surface area (Å²) < 4.78 is 47.2. The largest absolute Gasteiger partial charge is 0.433 e. The number of primary amides is 1. The van der Waals surface area contributed by atoms with Crippen molar-refractivity contribution in [3.05, 3.63) is 62.3 Å². The van der Waals surface area contributed by atoms with Crippen molar-refractivity contribution in [2.45, 2.75) is 47.1 Å². The van der Waals surface area contributed by atoms with E-state index in [0.29, 0.717) is 29.1 Å². The Morgan fingerprint density at radius 3 is 2.44 bits per heavy atom. The number of pyridine rings is 1. The summed E-state index contributed by atoms with van der Waals surface area (Å²) in [6.07, 6.45) is -1.73. The molecule has 5 aromatic heterocycles. The van der Waals surface area contributed by atoms with E-state index in [-0.39, 0.29) is 38.7 Å². The molecule has 0 aliphatic heterocycles. The van der Waals surface area contributed by atoms with Crippen molar-refractivity contribution >= 4 is 55.0 Å².